The van der Waals surface area contributed by atoms with Gasteiger partial charge in [-0.25, -0.2) is 0 Å². The van der Waals surface area contributed by atoms with Crippen LogP contribution in [0.4, 0.5) is 0 Å². The van der Waals surface area contributed by atoms with Crippen molar-refractivity contribution in [2.75, 3.05) is 13.2 Å². The first-order valence-corrected chi connectivity index (χ1v) is 37.1. The molecule has 0 heterocycles. The molecule has 0 aromatic heterocycles. The number of allylic oxidation sites excluding steroid dienone is 8. The quantitative estimate of drug-likeness (QED) is 0.0261. The van der Waals surface area contributed by atoms with Crippen LogP contribution >= 0.6 is 0 Å². The van der Waals surface area contributed by atoms with Crippen LogP contribution < -0.4 is 0 Å². The molecule has 0 bridgehead atoms. The zero-order valence-corrected chi connectivity index (χ0v) is 56.0. The Morgan fingerprint density at radius 2 is 0.434 bits per heavy atom. The molecule has 6 heteroatoms. The molecule has 0 saturated heterocycles. The average molecular weight is 1160 g/mol. The number of hydrogen-bond donors (Lipinski definition) is 0. The van der Waals surface area contributed by atoms with Gasteiger partial charge in [0.05, 0.1) is 0 Å². The van der Waals surface area contributed by atoms with Gasteiger partial charge in [0.2, 0.25) is 0 Å². The van der Waals surface area contributed by atoms with E-state index >= 15 is 0 Å². The lowest BCUT2D eigenvalue weighted by Crippen LogP contribution is -2.30. The van der Waals surface area contributed by atoms with Crippen molar-refractivity contribution in [3.63, 3.8) is 0 Å². The van der Waals surface area contributed by atoms with Crippen molar-refractivity contribution < 1.29 is 28.6 Å². The van der Waals surface area contributed by atoms with Crippen molar-refractivity contribution in [1.82, 2.24) is 0 Å². The highest BCUT2D eigenvalue weighted by atomic mass is 16.6. The number of unbranched alkanes of at least 4 members (excludes halogenated alkanes) is 50. The van der Waals surface area contributed by atoms with Gasteiger partial charge in [0.25, 0.3) is 0 Å². The molecule has 6 nitrogen and oxygen atoms in total. The van der Waals surface area contributed by atoms with Crippen LogP contribution in [0.5, 0.6) is 0 Å². The summed E-state index contributed by atoms with van der Waals surface area (Å²) in [7, 11) is 0. The predicted molar refractivity (Wildman–Crippen MR) is 362 cm³/mol. The van der Waals surface area contributed by atoms with Crippen molar-refractivity contribution in [2.24, 2.45) is 0 Å². The normalized spacial score (nSPS) is 12.3. The smallest absolute Gasteiger partial charge is 0.306 e. The molecule has 1 unspecified atom stereocenters. The van der Waals surface area contributed by atoms with Crippen LogP contribution in [-0.2, 0) is 28.6 Å². The number of carbonyl (C=O) groups excluding carboxylic acids is 3. The maximum absolute atomic E-state index is 13.0. The Labute approximate surface area is 518 Å². The van der Waals surface area contributed by atoms with E-state index in [-0.39, 0.29) is 31.1 Å². The lowest BCUT2D eigenvalue weighted by molar-refractivity contribution is -0.167. The molecule has 0 N–H and O–H groups in total. The van der Waals surface area contributed by atoms with Crippen LogP contribution in [0.2, 0.25) is 0 Å². The van der Waals surface area contributed by atoms with Crippen LogP contribution in [0.15, 0.2) is 48.6 Å². The molecular formula is C77H142O6. The van der Waals surface area contributed by atoms with Gasteiger partial charge in [-0.2, -0.15) is 0 Å². The number of hydrogen-bond acceptors (Lipinski definition) is 6. The van der Waals surface area contributed by atoms with Crippen LogP contribution in [0.25, 0.3) is 0 Å². The Kier molecular flexibility index (Phi) is 69.6. The van der Waals surface area contributed by atoms with E-state index in [9.17, 15) is 14.4 Å². The molecule has 0 rings (SSSR count). The van der Waals surface area contributed by atoms with Gasteiger partial charge in [-0.1, -0.05) is 352 Å². The molecule has 0 aliphatic heterocycles. The fourth-order valence-electron chi connectivity index (χ4n) is 11.2. The molecule has 0 aliphatic carbocycles. The van der Waals surface area contributed by atoms with E-state index in [0.717, 1.165) is 70.6 Å². The number of ether oxygens (including phenoxy) is 3. The fraction of sp³-hybridized carbons (Fsp3) is 0.857. The van der Waals surface area contributed by atoms with E-state index in [4.69, 9.17) is 14.2 Å². The van der Waals surface area contributed by atoms with Gasteiger partial charge in [0.1, 0.15) is 13.2 Å². The molecule has 486 valence electrons. The van der Waals surface area contributed by atoms with Gasteiger partial charge in [0, 0.05) is 19.3 Å². The SMILES string of the molecule is CCCCCCC/C=C\C/C=C\C/C=C\CCCCCCCCCCCCCCCCCCC(=O)OCC(COC(=O)CCCCCCCCCCCCCCCCC)OC(=O)CCCCCCCCCCC/C=C\CCCCCCCC. The Bertz CT molecular complexity index is 1430. The van der Waals surface area contributed by atoms with E-state index in [1.165, 1.54) is 295 Å². The topological polar surface area (TPSA) is 78.9 Å². The summed E-state index contributed by atoms with van der Waals surface area (Å²) in [5.41, 5.74) is 0. The van der Waals surface area contributed by atoms with Crippen molar-refractivity contribution in [3.8, 4) is 0 Å². The summed E-state index contributed by atoms with van der Waals surface area (Å²) in [4.78, 5) is 38.5. The lowest BCUT2D eigenvalue weighted by atomic mass is 10.0. The summed E-state index contributed by atoms with van der Waals surface area (Å²) < 4.78 is 17.0. The highest BCUT2D eigenvalue weighted by Gasteiger charge is 2.19. The highest BCUT2D eigenvalue weighted by Crippen LogP contribution is 2.18. The maximum Gasteiger partial charge on any atom is 0.306 e. The molecule has 0 saturated carbocycles. The lowest BCUT2D eigenvalue weighted by Gasteiger charge is -2.18. The minimum atomic E-state index is -0.772. The van der Waals surface area contributed by atoms with E-state index < -0.39 is 6.10 Å². The first kappa shape index (κ1) is 80.4. The summed E-state index contributed by atoms with van der Waals surface area (Å²) >= 11 is 0. The summed E-state index contributed by atoms with van der Waals surface area (Å²) in [6, 6.07) is 0. The Morgan fingerprint density at radius 1 is 0.241 bits per heavy atom. The highest BCUT2D eigenvalue weighted by molar-refractivity contribution is 5.71. The molecule has 0 aromatic rings. The van der Waals surface area contributed by atoms with E-state index in [1.54, 1.807) is 0 Å². The third-order valence-electron chi connectivity index (χ3n) is 16.8. The van der Waals surface area contributed by atoms with Gasteiger partial charge in [-0.3, -0.25) is 14.4 Å². The molecule has 1 atom stereocenters. The van der Waals surface area contributed by atoms with Crippen LogP contribution in [0.3, 0.4) is 0 Å². The van der Waals surface area contributed by atoms with Gasteiger partial charge in [-0.15, -0.1) is 0 Å². The molecule has 0 fully saturated rings. The third kappa shape index (κ3) is 70.0. The molecule has 0 aromatic carbocycles. The Hall–Kier alpha value is -2.63. The van der Waals surface area contributed by atoms with E-state index in [1.807, 2.05) is 0 Å². The zero-order valence-electron chi connectivity index (χ0n) is 56.0. The first-order chi connectivity index (χ1) is 41.0. The largest absolute Gasteiger partial charge is 0.462 e. The second-order valence-electron chi connectivity index (χ2n) is 25.2. The van der Waals surface area contributed by atoms with E-state index in [2.05, 4.69) is 69.4 Å². The molecule has 0 spiro atoms. The third-order valence-corrected chi connectivity index (χ3v) is 16.8. The van der Waals surface area contributed by atoms with Crippen LogP contribution in [0, 0.1) is 0 Å². The second-order valence-corrected chi connectivity index (χ2v) is 25.2. The van der Waals surface area contributed by atoms with E-state index in [0.29, 0.717) is 19.3 Å². The molecule has 83 heavy (non-hydrogen) atoms. The van der Waals surface area contributed by atoms with Gasteiger partial charge in [0.15, 0.2) is 6.10 Å². The number of carbonyl (C=O) groups is 3. The first-order valence-electron chi connectivity index (χ1n) is 37.1. The van der Waals surface area contributed by atoms with Crippen molar-refractivity contribution in [2.45, 2.75) is 412 Å². The molecule has 0 amide bonds. The number of rotatable bonds is 69. The Balaban J connectivity index is 4.21. The van der Waals surface area contributed by atoms with Crippen molar-refractivity contribution in [3.05, 3.63) is 48.6 Å². The van der Waals surface area contributed by atoms with Crippen molar-refractivity contribution >= 4 is 17.9 Å². The predicted octanol–water partition coefficient (Wildman–Crippen LogP) is 25.7. The van der Waals surface area contributed by atoms with Crippen molar-refractivity contribution in [1.29, 1.82) is 0 Å². The standard InChI is InChI=1S/C77H142O6/c1-4-7-10-13-16-19-22-25-28-30-32-33-34-35-36-37-38-39-40-41-42-43-45-46-49-52-55-58-61-64-67-70-76(79)82-73-74(72-81-75(78)69-66-63-60-57-54-51-48-27-24-21-18-15-12-9-6-3)83-77(80)71-68-65-62-59-56-53-50-47-44-31-29-26-23-20-17-14-11-8-5-2/h22,25-26,29-30,32,34-35,74H,4-21,23-24,27-28,31,33,36-73H2,1-3H3/b25-22-,29-26-,32-30-,35-34-. The van der Waals surface area contributed by atoms with Gasteiger partial charge >= 0.3 is 17.9 Å². The summed E-state index contributed by atoms with van der Waals surface area (Å²) in [6.07, 6.45) is 91.5. The summed E-state index contributed by atoms with van der Waals surface area (Å²) in [5.74, 6) is -0.840. The second kappa shape index (κ2) is 71.8. The Morgan fingerprint density at radius 3 is 0.687 bits per heavy atom. The average Bonchev–Trinajstić information content (AvgIpc) is 3.49. The monoisotopic (exact) mass is 1160 g/mol. The maximum atomic E-state index is 13.0. The molecule has 0 aliphatic rings. The minimum absolute atomic E-state index is 0.0678. The summed E-state index contributed by atoms with van der Waals surface area (Å²) in [6.45, 7) is 6.70. The van der Waals surface area contributed by atoms with Crippen LogP contribution in [0.1, 0.15) is 406 Å². The van der Waals surface area contributed by atoms with Gasteiger partial charge < -0.3 is 14.2 Å². The fourth-order valence-corrected chi connectivity index (χ4v) is 11.2. The zero-order chi connectivity index (χ0) is 59.9. The minimum Gasteiger partial charge on any atom is -0.462 e. The number of esters is 3. The summed E-state index contributed by atoms with van der Waals surface area (Å²) in [5, 5.41) is 0. The van der Waals surface area contributed by atoms with Crippen LogP contribution in [-0.4, -0.2) is 37.2 Å². The van der Waals surface area contributed by atoms with Gasteiger partial charge in [-0.05, 0) is 83.5 Å². The molecule has 0 radical (unpaired) electrons. The molecular weight excluding hydrogens is 1020 g/mol.